The maximum Gasteiger partial charge on any atom is 0.288 e. The van der Waals surface area contributed by atoms with Crippen LogP contribution in [0.15, 0.2) is 52.7 Å². The molecule has 2 aromatic carbocycles. The van der Waals surface area contributed by atoms with Crippen molar-refractivity contribution < 1.29 is 9.72 Å². The molecule has 0 spiro atoms. The Hall–Kier alpha value is -2.95. The Kier molecular flexibility index (Phi) is 8.37. The largest absolute Gasteiger partial charge is 0.299 e. The lowest BCUT2D eigenvalue weighted by Gasteiger charge is -2.25. The molecule has 12 heteroatoms. The second-order valence-electron chi connectivity index (χ2n) is 8.02. The molecule has 1 fully saturated rings. The van der Waals surface area contributed by atoms with Gasteiger partial charge in [-0.2, -0.15) is 5.10 Å². The van der Waals surface area contributed by atoms with Crippen molar-refractivity contribution in [1.82, 2.24) is 20.2 Å². The van der Waals surface area contributed by atoms with Crippen LogP contribution in [0, 0.1) is 10.1 Å². The predicted molar refractivity (Wildman–Crippen MR) is 137 cm³/mol. The van der Waals surface area contributed by atoms with Crippen LogP contribution >= 0.6 is 35.0 Å². The summed E-state index contributed by atoms with van der Waals surface area (Å²) in [4.78, 5) is 22.8. The summed E-state index contributed by atoms with van der Waals surface area (Å²) in [5.74, 6) is 0.517. The number of nitro benzene ring substituents is 1. The third kappa shape index (κ3) is 6.39. The molecular weight excluding hydrogens is 511 g/mol. The quantitative estimate of drug-likeness (QED) is 0.167. The van der Waals surface area contributed by atoms with Crippen molar-refractivity contribution in [3.05, 3.63) is 68.2 Å². The summed E-state index contributed by atoms with van der Waals surface area (Å²) in [6.45, 7) is 0. The Morgan fingerprint density at radius 1 is 1.17 bits per heavy atom. The molecule has 0 aliphatic heterocycles. The molecule has 35 heavy (non-hydrogen) atoms. The van der Waals surface area contributed by atoms with E-state index in [0.717, 1.165) is 37.1 Å². The number of amides is 1. The zero-order valence-corrected chi connectivity index (χ0v) is 20.9. The van der Waals surface area contributed by atoms with Gasteiger partial charge in [-0.15, -0.1) is 10.2 Å². The Balaban J connectivity index is 1.44. The number of hydrogen-bond donors (Lipinski definition) is 1. The summed E-state index contributed by atoms with van der Waals surface area (Å²) in [7, 11) is 0. The minimum absolute atomic E-state index is 0.0348. The standard InChI is InChI=1S/C23H22Cl2N6O3S/c24-17-9-7-16(8-10-17)22-28-29-23(30(22)18-4-2-1-3-5-18)35-14-21(32)27-26-13-15-6-11-19(25)20(12-15)31(33)34/h6-13,18H,1-5,14H2,(H,27,32)/b26-13-. The molecule has 1 N–H and O–H groups in total. The number of hydrazone groups is 1. The maximum absolute atomic E-state index is 12.4. The third-order valence-electron chi connectivity index (χ3n) is 5.61. The average molecular weight is 533 g/mol. The van der Waals surface area contributed by atoms with Crippen molar-refractivity contribution in [1.29, 1.82) is 0 Å². The molecule has 0 unspecified atom stereocenters. The molecular formula is C23H22Cl2N6O3S. The van der Waals surface area contributed by atoms with Gasteiger partial charge in [-0.25, -0.2) is 5.43 Å². The summed E-state index contributed by atoms with van der Waals surface area (Å²) in [6, 6.07) is 12.0. The molecule has 1 aromatic heterocycles. The maximum atomic E-state index is 12.4. The molecule has 1 amide bonds. The molecule has 4 rings (SSSR count). The fourth-order valence-electron chi connectivity index (χ4n) is 3.93. The third-order valence-corrected chi connectivity index (χ3v) is 7.12. The second kappa shape index (κ2) is 11.7. The van der Waals surface area contributed by atoms with Gasteiger partial charge in [0.25, 0.3) is 11.6 Å². The highest BCUT2D eigenvalue weighted by Crippen LogP contribution is 2.35. The zero-order chi connectivity index (χ0) is 24.8. The van der Waals surface area contributed by atoms with Crippen molar-refractivity contribution in [3.8, 4) is 11.4 Å². The van der Waals surface area contributed by atoms with E-state index < -0.39 is 4.92 Å². The van der Waals surface area contributed by atoms with Gasteiger partial charge in [-0.3, -0.25) is 19.5 Å². The molecule has 1 saturated carbocycles. The monoisotopic (exact) mass is 532 g/mol. The number of rotatable bonds is 8. The highest BCUT2D eigenvalue weighted by molar-refractivity contribution is 7.99. The molecule has 182 valence electrons. The number of thioether (sulfide) groups is 1. The van der Waals surface area contributed by atoms with E-state index in [9.17, 15) is 14.9 Å². The summed E-state index contributed by atoms with van der Waals surface area (Å²) < 4.78 is 2.14. The number of carbonyl (C=O) groups is 1. The number of nitro groups is 1. The van der Waals surface area contributed by atoms with Gasteiger partial charge in [-0.1, -0.05) is 60.3 Å². The van der Waals surface area contributed by atoms with Crippen LogP contribution in [0.3, 0.4) is 0 Å². The van der Waals surface area contributed by atoms with Gasteiger partial charge in [0.1, 0.15) is 5.02 Å². The van der Waals surface area contributed by atoms with Gasteiger partial charge in [0.2, 0.25) is 0 Å². The van der Waals surface area contributed by atoms with E-state index in [4.69, 9.17) is 23.2 Å². The Labute approximate surface area is 216 Å². The number of nitrogens with zero attached hydrogens (tertiary/aromatic N) is 5. The van der Waals surface area contributed by atoms with E-state index >= 15 is 0 Å². The van der Waals surface area contributed by atoms with Crippen LogP contribution in [-0.2, 0) is 4.79 Å². The van der Waals surface area contributed by atoms with Crippen molar-refractivity contribution >= 4 is 52.8 Å². The van der Waals surface area contributed by atoms with E-state index in [0.29, 0.717) is 15.7 Å². The number of halogens is 2. The van der Waals surface area contributed by atoms with Crippen LogP contribution < -0.4 is 5.43 Å². The lowest BCUT2D eigenvalue weighted by atomic mass is 9.95. The van der Waals surface area contributed by atoms with E-state index in [2.05, 4.69) is 25.3 Å². The summed E-state index contributed by atoms with van der Waals surface area (Å²) >= 11 is 13.2. The molecule has 0 atom stereocenters. The minimum Gasteiger partial charge on any atom is -0.299 e. The van der Waals surface area contributed by atoms with Crippen LogP contribution in [0.2, 0.25) is 10.0 Å². The smallest absolute Gasteiger partial charge is 0.288 e. The lowest BCUT2D eigenvalue weighted by Crippen LogP contribution is -2.20. The van der Waals surface area contributed by atoms with Crippen molar-refractivity contribution in [2.24, 2.45) is 5.10 Å². The number of hydrogen-bond acceptors (Lipinski definition) is 7. The molecule has 0 bridgehead atoms. The Morgan fingerprint density at radius 3 is 2.63 bits per heavy atom. The van der Waals surface area contributed by atoms with Crippen LogP contribution in [0.1, 0.15) is 43.7 Å². The number of aromatic nitrogens is 3. The summed E-state index contributed by atoms with van der Waals surface area (Å²) in [5, 5.41) is 25.1. The molecule has 1 heterocycles. The fourth-order valence-corrected chi connectivity index (χ4v) is 5.04. The van der Waals surface area contributed by atoms with Gasteiger partial charge in [0.15, 0.2) is 11.0 Å². The van der Waals surface area contributed by atoms with Gasteiger partial charge in [-0.05, 0) is 43.2 Å². The van der Waals surface area contributed by atoms with Crippen molar-refractivity contribution in [2.45, 2.75) is 43.3 Å². The molecule has 3 aromatic rings. The molecule has 0 radical (unpaired) electrons. The first-order valence-corrected chi connectivity index (χ1v) is 12.8. The van der Waals surface area contributed by atoms with Crippen LogP contribution in [0.5, 0.6) is 0 Å². The first kappa shape index (κ1) is 25.2. The molecule has 9 nitrogen and oxygen atoms in total. The topological polar surface area (TPSA) is 115 Å². The normalized spacial score (nSPS) is 14.3. The molecule has 1 aliphatic carbocycles. The van der Waals surface area contributed by atoms with E-state index in [1.165, 1.54) is 36.5 Å². The molecule has 1 aliphatic rings. The predicted octanol–water partition coefficient (Wildman–Crippen LogP) is 5.91. The van der Waals surface area contributed by atoms with Gasteiger partial charge in [0, 0.05) is 28.3 Å². The SMILES string of the molecule is O=C(CSc1nnc(-c2ccc(Cl)cc2)n1C1CCCCC1)N/N=C\c1ccc(Cl)c([N+](=O)[O-])c1. The van der Waals surface area contributed by atoms with E-state index in [1.54, 1.807) is 6.07 Å². The Morgan fingerprint density at radius 2 is 1.91 bits per heavy atom. The van der Waals surface area contributed by atoms with Crippen LogP contribution in [0.25, 0.3) is 11.4 Å². The van der Waals surface area contributed by atoms with E-state index in [-0.39, 0.29) is 28.4 Å². The van der Waals surface area contributed by atoms with Gasteiger partial charge in [0.05, 0.1) is 16.9 Å². The summed E-state index contributed by atoms with van der Waals surface area (Å²) in [5.41, 5.74) is 3.58. The van der Waals surface area contributed by atoms with Crippen LogP contribution in [0.4, 0.5) is 5.69 Å². The first-order chi connectivity index (χ1) is 16.9. The second-order valence-corrected chi connectivity index (χ2v) is 9.81. The van der Waals surface area contributed by atoms with Gasteiger partial charge >= 0.3 is 0 Å². The van der Waals surface area contributed by atoms with Crippen molar-refractivity contribution in [2.75, 3.05) is 5.75 Å². The number of carbonyl (C=O) groups excluding carboxylic acids is 1. The highest BCUT2D eigenvalue weighted by atomic mass is 35.5. The van der Waals surface area contributed by atoms with Crippen LogP contribution in [-0.4, -0.2) is 37.6 Å². The lowest BCUT2D eigenvalue weighted by molar-refractivity contribution is -0.384. The van der Waals surface area contributed by atoms with E-state index in [1.807, 2.05) is 24.3 Å². The fraction of sp³-hybridized carbons (Fsp3) is 0.304. The zero-order valence-electron chi connectivity index (χ0n) is 18.6. The van der Waals surface area contributed by atoms with Crippen molar-refractivity contribution in [3.63, 3.8) is 0 Å². The average Bonchev–Trinajstić information content (AvgIpc) is 3.28. The number of nitrogens with one attached hydrogen (secondary N) is 1. The first-order valence-electron chi connectivity index (χ1n) is 11.0. The number of benzene rings is 2. The van der Waals surface area contributed by atoms with Gasteiger partial charge < -0.3 is 0 Å². The Bertz CT molecular complexity index is 1240. The highest BCUT2D eigenvalue weighted by Gasteiger charge is 2.24. The minimum atomic E-state index is -0.574. The molecule has 0 saturated heterocycles. The summed E-state index contributed by atoms with van der Waals surface area (Å²) in [6.07, 6.45) is 6.91.